The Morgan fingerprint density at radius 3 is 2.78 bits per heavy atom. The minimum absolute atomic E-state index is 0. The third-order valence-corrected chi connectivity index (χ3v) is 1.87. The number of hydrogen-bond donors (Lipinski definition) is 1. The first-order valence-corrected chi connectivity index (χ1v) is 3.44. The van der Waals surface area contributed by atoms with E-state index in [1.807, 2.05) is 17.5 Å². The summed E-state index contributed by atoms with van der Waals surface area (Å²) < 4.78 is 0. The molecule has 0 aromatic carbocycles. The van der Waals surface area contributed by atoms with Crippen LogP contribution < -0.4 is 0 Å². The van der Waals surface area contributed by atoms with Crippen molar-refractivity contribution in [2.45, 2.75) is 6.42 Å². The summed E-state index contributed by atoms with van der Waals surface area (Å²) in [5, 5.41) is 10.5. The molecule has 0 spiro atoms. The van der Waals surface area contributed by atoms with Crippen LogP contribution in [0.2, 0.25) is 0 Å². The van der Waals surface area contributed by atoms with Gasteiger partial charge in [-0.2, -0.15) is 0 Å². The number of thiophene rings is 1. The molecule has 52 valence electrons. The van der Waals surface area contributed by atoms with Crippen LogP contribution in [0.5, 0.6) is 0 Å². The number of aliphatic hydroxyl groups is 1. The second kappa shape index (κ2) is 4.79. The molecule has 0 bridgehead atoms. The number of aliphatic hydroxyl groups excluding tert-OH is 1. The highest BCUT2D eigenvalue weighted by molar-refractivity contribution is 7.09. The summed E-state index contributed by atoms with van der Waals surface area (Å²) in [5.41, 5.74) is 0. The Bertz CT molecular complexity index is 139. The normalized spacial score (nSPS) is 8.56. The molecule has 1 heterocycles. The maximum Gasteiger partial charge on any atom is 0.0479 e. The number of hydrogen-bond acceptors (Lipinski definition) is 2. The molecule has 0 unspecified atom stereocenters. The van der Waals surface area contributed by atoms with Gasteiger partial charge in [0.05, 0.1) is 0 Å². The van der Waals surface area contributed by atoms with Crippen LogP contribution in [0.3, 0.4) is 0 Å². The smallest absolute Gasteiger partial charge is 0.0479 e. The van der Waals surface area contributed by atoms with Crippen LogP contribution in [0.4, 0.5) is 0 Å². The molecule has 0 saturated carbocycles. The molecule has 0 aliphatic rings. The van der Waals surface area contributed by atoms with Gasteiger partial charge in [0.1, 0.15) is 0 Å². The molecule has 0 aliphatic carbocycles. The van der Waals surface area contributed by atoms with E-state index in [0.29, 0.717) is 0 Å². The lowest BCUT2D eigenvalue weighted by molar-refractivity contribution is 0.300. The van der Waals surface area contributed by atoms with Crippen LogP contribution in [0.1, 0.15) is 4.88 Å². The zero-order valence-corrected chi connectivity index (χ0v) is 6.54. The van der Waals surface area contributed by atoms with Crippen molar-refractivity contribution in [2.24, 2.45) is 0 Å². The Balaban J connectivity index is 0.000000640. The van der Waals surface area contributed by atoms with Crippen molar-refractivity contribution in [3.8, 4) is 0 Å². The van der Waals surface area contributed by atoms with Gasteiger partial charge in [0.15, 0.2) is 0 Å². The van der Waals surface area contributed by atoms with E-state index in [2.05, 4.69) is 0 Å². The summed E-state index contributed by atoms with van der Waals surface area (Å²) in [6.07, 6.45) is 0.803. The average molecular weight is 165 g/mol. The highest BCUT2D eigenvalue weighted by Gasteiger charge is 1.87. The predicted octanol–water partition coefficient (Wildman–Crippen LogP) is 1.70. The van der Waals surface area contributed by atoms with E-state index >= 15 is 0 Å². The predicted molar refractivity (Wildman–Crippen MR) is 42.4 cm³/mol. The van der Waals surface area contributed by atoms with Gasteiger partial charge in [-0.05, 0) is 11.4 Å². The van der Waals surface area contributed by atoms with Crippen molar-refractivity contribution >= 4 is 23.7 Å². The van der Waals surface area contributed by atoms with Crippen LogP contribution in [0.25, 0.3) is 0 Å². The van der Waals surface area contributed by atoms with Crippen molar-refractivity contribution < 1.29 is 5.11 Å². The van der Waals surface area contributed by atoms with Crippen LogP contribution in [-0.2, 0) is 6.42 Å². The highest BCUT2D eigenvalue weighted by Crippen LogP contribution is 2.07. The fourth-order valence-electron chi connectivity index (χ4n) is 0.565. The van der Waals surface area contributed by atoms with Crippen LogP contribution in [-0.4, -0.2) is 11.7 Å². The van der Waals surface area contributed by atoms with Gasteiger partial charge in [-0.1, -0.05) is 6.07 Å². The zero-order valence-electron chi connectivity index (χ0n) is 4.91. The van der Waals surface area contributed by atoms with E-state index in [4.69, 9.17) is 5.11 Å². The molecule has 0 radical (unpaired) electrons. The molecular formula is C6H9ClOS. The fourth-order valence-corrected chi connectivity index (χ4v) is 1.26. The molecule has 0 aliphatic heterocycles. The van der Waals surface area contributed by atoms with E-state index in [-0.39, 0.29) is 19.0 Å². The van der Waals surface area contributed by atoms with Crippen LogP contribution >= 0.6 is 23.7 Å². The highest BCUT2D eigenvalue weighted by atomic mass is 35.5. The largest absolute Gasteiger partial charge is 0.396 e. The summed E-state index contributed by atoms with van der Waals surface area (Å²) >= 11 is 1.69. The van der Waals surface area contributed by atoms with Gasteiger partial charge in [0.25, 0.3) is 0 Å². The topological polar surface area (TPSA) is 20.2 Å². The van der Waals surface area contributed by atoms with E-state index in [9.17, 15) is 0 Å². The fraction of sp³-hybridized carbons (Fsp3) is 0.333. The molecule has 1 nitrogen and oxygen atoms in total. The Hall–Kier alpha value is -0.0500. The SMILES string of the molecule is Cl.OCCc1cccs1. The molecule has 0 atom stereocenters. The first-order chi connectivity index (χ1) is 3.93. The quantitative estimate of drug-likeness (QED) is 0.706. The molecule has 0 amide bonds. The van der Waals surface area contributed by atoms with E-state index in [0.717, 1.165) is 6.42 Å². The van der Waals surface area contributed by atoms with Gasteiger partial charge in [0, 0.05) is 17.9 Å². The summed E-state index contributed by atoms with van der Waals surface area (Å²) in [6, 6.07) is 4.02. The second-order valence-corrected chi connectivity index (χ2v) is 2.59. The van der Waals surface area contributed by atoms with Gasteiger partial charge in [-0.25, -0.2) is 0 Å². The lowest BCUT2D eigenvalue weighted by Gasteiger charge is -1.85. The Kier molecular flexibility index (Phi) is 4.77. The van der Waals surface area contributed by atoms with E-state index in [1.165, 1.54) is 4.88 Å². The molecule has 1 N–H and O–H groups in total. The zero-order chi connectivity index (χ0) is 5.82. The molecule has 1 aromatic rings. The minimum Gasteiger partial charge on any atom is -0.396 e. The van der Waals surface area contributed by atoms with Gasteiger partial charge in [-0.15, -0.1) is 23.7 Å². The second-order valence-electron chi connectivity index (χ2n) is 1.55. The van der Waals surface area contributed by atoms with Crippen molar-refractivity contribution in [1.29, 1.82) is 0 Å². The summed E-state index contributed by atoms with van der Waals surface area (Å²) in [7, 11) is 0. The third-order valence-electron chi connectivity index (χ3n) is 0.938. The number of halogens is 1. The maximum atomic E-state index is 8.44. The average Bonchev–Trinajstić information content (AvgIpc) is 2.19. The molecule has 1 rings (SSSR count). The molecular weight excluding hydrogens is 156 g/mol. The van der Waals surface area contributed by atoms with Crippen molar-refractivity contribution in [1.82, 2.24) is 0 Å². The molecule has 9 heavy (non-hydrogen) atoms. The summed E-state index contributed by atoms with van der Waals surface area (Å²) in [5.74, 6) is 0. The lowest BCUT2D eigenvalue weighted by Crippen LogP contribution is -1.84. The van der Waals surface area contributed by atoms with Crippen LogP contribution in [0, 0.1) is 0 Å². The minimum atomic E-state index is 0. The summed E-state index contributed by atoms with van der Waals surface area (Å²) in [4.78, 5) is 1.26. The molecule has 0 fully saturated rings. The van der Waals surface area contributed by atoms with Crippen molar-refractivity contribution in [2.75, 3.05) is 6.61 Å². The van der Waals surface area contributed by atoms with Gasteiger partial charge < -0.3 is 5.11 Å². The van der Waals surface area contributed by atoms with Crippen LogP contribution in [0.15, 0.2) is 17.5 Å². The number of rotatable bonds is 2. The maximum absolute atomic E-state index is 8.44. The summed E-state index contributed by atoms with van der Waals surface area (Å²) in [6.45, 7) is 0.264. The van der Waals surface area contributed by atoms with E-state index in [1.54, 1.807) is 11.3 Å². The molecule has 3 heteroatoms. The van der Waals surface area contributed by atoms with Gasteiger partial charge in [-0.3, -0.25) is 0 Å². The third kappa shape index (κ3) is 2.84. The first kappa shape index (κ1) is 8.95. The van der Waals surface area contributed by atoms with Gasteiger partial charge >= 0.3 is 0 Å². The Morgan fingerprint density at radius 2 is 2.33 bits per heavy atom. The lowest BCUT2D eigenvalue weighted by atomic mass is 10.4. The standard InChI is InChI=1S/C6H8OS.ClH/c7-4-3-6-2-1-5-8-6;/h1-2,5,7H,3-4H2;1H. The molecule has 0 saturated heterocycles. The van der Waals surface area contributed by atoms with Crippen molar-refractivity contribution in [3.05, 3.63) is 22.4 Å². The first-order valence-electron chi connectivity index (χ1n) is 2.56. The van der Waals surface area contributed by atoms with Gasteiger partial charge in [0.2, 0.25) is 0 Å². The monoisotopic (exact) mass is 164 g/mol. The Morgan fingerprint density at radius 1 is 1.56 bits per heavy atom. The van der Waals surface area contributed by atoms with E-state index < -0.39 is 0 Å². The van der Waals surface area contributed by atoms with Crippen molar-refractivity contribution in [3.63, 3.8) is 0 Å². The molecule has 1 aromatic heterocycles. The Labute approximate surface area is 64.7 Å².